The first kappa shape index (κ1) is 18.0. The third-order valence-corrected chi connectivity index (χ3v) is 7.06. The molecule has 0 saturated carbocycles. The van der Waals surface area contributed by atoms with Crippen molar-refractivity contribution in [2.45, 2.75) is 24.1 Å². The van der Waals surface area contributed by atoms with Gasteiger partial charge in [0.1, 0.15) is 15.8 Å². The van der Waals surface area contributed by atoms with Gasteiger partial charge in [0.15, 0.2) is 11.6 Å². The number of halogens is 1. The van der Waals surface area contributed by atoms with E-state index in [-0.39, 0.29) is 23.2 Å². The number of carbonyl (C=O) groups excluding carboxylic acids is 2. The molecule has 0 fully saturated rings. The van der Waals surface area contributed by atoms with E-state index in [1.54, 1.807) is 37.5 Å². The van der Waals surface area contributed by atoms with E-state index in [0.29, 0.717) is 24.2 Å². The van der Waals surface area contributed by atoms with Gasteiger partial charge in [-0.15, -0.1) is 0 Å². The van der Waals surface area contributed by atoms with Crippen LogP contribution < -0.4 is 4.74 Å². The normalized spacial score (nSPS) is 29.6. The van der Waals surface area contributed by atoms with Crippen LogP contribution in [0.1, 0.15) is 18.9 Å². The van der Waals surface area contributed by atoms with E-state index in [4.69, 9.17) is 4.74 Å². The number of fused-ring (bicyclic) bond motifs is 2. The number of alkyl halides is 1. The van der Waals surface area contributed by atoms with Crippen molar-refractivity contribution in [1.82, 2.24) is 0 Å². The SMILES string of the molecule is C=CC1=CC[C@H]2C(=O)C(C)=CC(=O)[C@@]2(Br)[C@H]1C1=COc2ccc(O)cc2C1. The van der Waals surface area contributed by atoms with Crippen LogP contribution in [-0.4, -0.2) is 21.0 Å². The van der Waals surface area contributed by atoms with Gasteiger partial charge in [0.05, 0.1) is 6.26 Å². The molecule has 3 aliphatic rings. The minimum atomic E-state index is -1.05. The highest BCUT2D eigenvalue weighted by molar-refractivity contribution is 9.10. The molecule has 0 amide bonds. The van der Waals surface area contributed by atoms with Gasteiger partial charge in [0, 0.05) is 23.8 Å². The molecule has 1 heterocycles. The maximum absolute atomic E-state index is 13.1. The van der Waals surface area contributed by atoms with Crippen molar-refractivity contribution >= 4 is 27.5 Å². The van der Waals surface area contributed by atoms with E-state index in [1.165, 1.54) is 6.08 Å². The number of carbonyl (C=O) groups is 2. The van der Waals surface area contributed by atoms with Crippen LogP contribution in [0, 0.1) is 11.8 Å². The molecule has 1 aliphatic heterocycles. The Morgan fingerprint density at radius 1 is 1.37 bits per heavy atom. The highest BCUT2D eigenvalue weighted by atomic mass is 79.9. The second-order valence-electron chi connectivity index (χ2n) is 7.23. The smallest absolute Gasteiger partial charge is 0.174 e. The summed E-state index contributed by atoms with van der Waals surface area (Å²) in [4.78, 5) is 25.9. The summed E-state index contributed by atoms with van der Waals surface area (Å²) < 4.78 is 4.73. The summed E-state index contributed by atoms with van der Waals surface area (Å²) in [5.41, 5.74) is 3.11. The Morgan fingerprint density at radius 2 is 2.15 bits per heavy atom. The number of phenolic OH excluding ortho intramolecular Hbond substituents is 1. The fourth-order valence-corrected chi connectivity index (χ4v) is 5.39. The Kier molecular flexibility index (Phi) is 4.22. The lowest BCUT2D eigenvalue weighted by Crippen LogP contribution is -2.54. The van der Waals surface area contributed by atoms with Crippen molar-refractivity contribution in [3.63, 3.8) is 0 Å². The zero-order valence-electron chi connectivity index (χ0n) is 14.9. The Bertz CT molecular complexity index is 969. The Balaban J connectivity index is 1.82. The summed E-state index contributed by atoms with van der Waals surface area (Å²) in [6.45, 7) is 5.60. The van der Waals surface area contributed by atoms with Gasteiger partial charge in [0.25, 0.3) is 0 Å². The quantitative estimate of drug-likeness (QED) is 0.719. The number of benzene rings is 1. The Morgan fingerprint density at radius 3 is 2.89 bits per heavy atom. The predicted molar refractivity (Wildman–Crippen MR) is 106 cm³/mol. The Labute approximate surface area is 166 Å². The third kappa shape index (κ3) is 2.64. The molecule has 0 radical (unpaired) electrons. The van der Waals surface area contributed by atoms with Crippen LogP contribution in [0.15, 0.2) is 66.0 Å². The van der Waals surface area contributed by atoms with E-state index in [1.807, 2.05) is 6.08 Å². The lowest BCUT2D eigenvalue weighted by atomic mass is 9.62. The highest BCUT2D eigenvalue weighted by Gasteiger charge is 2.57. The number of allylic oxidation sites excluding steroid dienone is 6. The van der Waals surface area contributed by atoms with Gasteiger partial charge < -0.3 is 9.84 Å². The van der Waals surface area contributed by atoms with Gasteiger partial charge in [0.2, 0.25) is 0 Å². The van der Waals surface area contributed by atoms with Gasteiger partial charge >= 0.3 is 0 Å². The molecule has 1 aromatic rings. The summed E-state index contributed by atoms with van der Waals surface area (Å²) in [7, 11) is 0. The molecular weight excluding hydrogens is 408 g/mol. The monoisotopic (exact) mass is 426 g/mol. The minimum Gasteiger partial charge on any atom is -0.508 e. The first-order valence-corrected chi connectivity index (χ1v) is 9.61. The highest BCUT2D eigenvalue weighted by Crippen LogP contribution is 2.53. The third-order valence-electron chi connectivity index (χ3n) is 5.66. The summed E-state index contributed by atoms with van der Waals surface area (Å²) in [6.07, 6.45) is 7.84. The number of ketones is 2. The average Bonchev–Trinajstić information content (AvgIpc) is 2.65. The largest absolute Gasteiger partial charge is 0.508 e. The minimum absolute atomic E-state index is 0.00814. The number of hydrogen-bond donors (Lipinski definition) is 1. The number of ether oxygens (including phenoxy) is 1. The molecule has 0 spiro atoms. The van der Waals surface area contributed by atoms with Crippen LogP contribution in [0.25, 0.3) is 0 Å². The second kappa shape index (κ2) is 6.34. The Hall–Kier alpha value is -2.40. The summed E-state index contributed by atoms with van der Waals surface area (Å²) >= 11 is 3.69. The molecule has 0 saturated heterocycles. The van der Waals surface area contributed by atoms with Gasteiger partial charge in [-0.25, -0.2) is 0 Å². The van der Waals surface area contributed by atoms with Crippen molar-refractivity contribution in [3.8, 4) is 11.5 Å². The van der Waals surface area contributed by atoms with E-state index >= 15 is 0 Å². The zero-order valence-corrected chi connectivity index (χ0v) is 16.5. The molecule has 4 nitrogen and oxygen atoms in total. The molecule has 5 heteroatoms. The number of aromatic hydroxyl groups is 1. The van der Waals surface area contributed by atoms with Crippen LogP contribution in [0.4, 0.5) is 0 Å². The number of Topliss-reactive ketones (excluding diaryl/α,β-unsaturated/α-hetero) is 1. The topological polar surface area (TPSA) is 63.6 Å². The first-order valence-electron chi connectivity index (χ1n) is 8.82. The van der Waals surface area contributed by atoms with Crippen LogP contribution in [0.5, 0.6) is 11.5 Å². The molecule has 0 bridgehead atoms. The average molecular weight is 427 g/mol. The van der Waals surface area contributed by atoms with E-state index in [2.05, 4.69) is 22.5 Å². The molecule has 0 unspecified atom stereocenters. The zero-order chi connectivity index (χ0) is 19.3. The molecular formula is C22H19BrO4. The predicted octanol–water partition coefficient (Wildman–Crippen LogP) is 4.19. The maximum atomic E-state index is 13.1. The second-order valence-corrected chi connectivity index (χ2v) is 8.55. The van der Waals surface area contributed by atoms with Crippen molar-refractivity contribution in [2.24, 2.45) is 11.8 Å². The summed E-state index contributed by atoms with van der Waals surface area (Å²) in [6, 6.07) is 4.96. The number of phenols is 1. The van der Waals surface area contributed by atoms with Crippen molar-refractivity contribution in [1.29, 1.82) is 0 Å². The molecule has 27 heavy (non-hydrogen) atoms. The van der Waals surface area contributed by atoms with Crippen LogP contribution in [-0.2, 0) is 16.0 Å². The molecule has 1 N–H and O–H groups in total. The first-order chi connectivity index (χ1) is 12.9. The lowest BCUT2D eigenvalue weighted by Gasteiger charge is -2.46. The van der Waals surface area contributed by atoms with Crippen molar-refractivity contribution in [2.75, 3.05) is 0 Å². The summed E-state index contributed by atoms with van der Waals surface area (Å²) in [5.74, 6) is -0.106. The molecule has 138 valence electrons. The number of rotatable bonds is 2. The van der Waals surface area contributed by atoms with E-state index < -0.39 is 10.2 Å². The molecule has 1 aromatic carbocycles. The van der Waals surface area contributed by atoms with Gasteiger partial charge in [-0.05, 0) is 54.3 Å². The van der Waals surface area contributed by atoms with Crippen LogP contribution >= 0.6 is 15.9 Å². The fourth-order valence-electron chi connectivity index (χ4n) is 4.33. The van der Waals surface area contributed by atoms with Crippen LogP contribution in [0.2, 0.25) is 0 Å². The maximum Gasteiger partial charge on any atom is 0.174 e. The van der Waals surface area contributed by atoms with Gasteiger partial charge in [-0.2, -0.15) is 0 Å². The van der Waals surface area contributed by atoms with Gasteiger partial charge in [-0.3, -0.25) is 9.59 Å². The van der Waals surface area contributed by atoms with E-state index in [0.717, 1.165) is 16.7 Å². The molecule has 2 aliphatic carbocycles. The standard InChI is InChI=1S/C22H19BrO4/c1-3-13-4-6-17-21(26)12(2)8-19(25)22(17,23)20(13)15-9-14-10-16(24)5-7-18(14)27-11-15/h3-5,7-8,10-11,17,20,24H,1,6,9H2,2H3/t17-,20+,22+/m0/s1. The molecule has 0 aromatic heterocycles. The van der Waals surface area contributed by atoms with Crippen LogP contribution in [0.3, 0.4) is 0 Å². The lowest BCUT2D eigenvalue weighted by molar-refractivity contribution is -0.128. The van der Waals surface area contributed by atoms with Gasteiger partial charge in [-0.1, -0.05) is 34.7 Å². The number of hydrogen-bond acceptors (Lipinski definition) is 4. The van der Waals surface area contributed by atoms with Crippen molar-refractivity contribution in [3.05, 3.63) is 71.6 Å². The van der Waals surface area contributed by atoms with E-state index in [9.17, 15) is 14.7 Å². The molecule has 4 rings (SSSR count). The summed E-state index contributed by atoms with van der Waals surface area (Å²) in [5, 5.41) is 9.81. The molecule has 3 atom stereocenters. The fraction of sp³-hybridized carbons (Fsp3) is 0.273. The van der Waals surface area contributed by atoms with Crippen molar-refractivity contribution < 1.29 is 19.4 Å².